The summed E-state index contributed by atoms with van der Waals surface area (Å²) in [6.07, 6.45) is 0. The maximum atomic E-state index is 10.9. The third-order valence-electron chi connectivity index (χ3n) is 3.12. The molecule has 4 heteroatoms. The largest absolute Gasteiger partial charge is 0.478 e. The van der Waals surface area contributed by atoms with E-state index in [9.17, 15) is 4.79 Å². The molecule has 96 valence electrons. The Morgan fingerprint density at radius 3 is 2.74 bits per heavy atom. The number of nitrogens with zero attached hydrogens (tertiary/aromatic N) is 2. The van der Waals surface area contributed by atoms with Gasteiger partial charge in [-0.25, -0.2) is 4.79 Å². The molecule has 0 aliphatic rings. The first-order valence-electron chi connectivity index (χ1n) is 5.92. The third kappa shape index (κ3) is 2.50. The lowest BCUT2D eigenvalue weighted by Crippen LogP contribution is -2.06. The summed E-state index contributed by atoms with van der Waals surface area (Å²) in [6.45, 7) is 4.34. The number of benzene rings is 1. The highest BCUT2D eigenvalue weighted by Crippen LogP contribution is 2.17. The molecule has 1 aromatic carbocycles. The normalized spacial score (nSPS) is 10.2. The minimum Gasteiger partial charge on any atom is -0.478 e. The maximum Gasteiger partial charge on any atom is 0.335 e. The number of aromatic nitrogens is 1. The molecular weight excluding hydrogens is 240 g/mol. The molecule has 0 amide bonds. The van der Waals surface area contributed by atoms with E-state index in [-0.39, 0.29) is 5.56 Å². The van der Waals surface area contributed by atoms with Crippen LogP contribution in [-0.4, -0.2) is 15.6 Å². The monoisotopic (exact) mass is 254 g/mol. The summed E-state index contributed by atoms with van der Waals surface area (Å²) in [5.41, 5.74) is 3.69. The van der Waals surface area contributed by atoms with Gasteiger partial charge in [0.05, 0.1) is 5.56 Å². The van der Waals surface area contributed by atoms with E-state index in [1.165, 1.54) is 0 Å². The molecule has 1 aromatic heterocycles. The molecule has 0 saturated carbocycles. The Bertz CT molecular complexity index is 678. The van der Waals surface area contributed by atoms with E-state index in [2.05, 4.69) is 6.07 Å². The Balaban J connectivity index is 2.39. The van der Waals surface area contributed by atoms with Crippen LogP contribution in [-0.2, 0) is 6.54 Å². The van der Waals surface area contributed by atoms with Crippen molar-refractivity contribution >= 4 is 5.97 Å². The van der Waals surface area contributed by atoms with Crippen LogP contribution in [0, 0.1) is 25.2 Å². The molecule has 0 spiro atoms. The summed E-state index contributed by atoms with van der Waals surface area (Å²) in [6, 6.07) is 10.9. The van der Waals surface area contributed by atoms with Gasteiger partial charge in [0, 0.05) is 12.2 Å². The Labute approximate surface area is 111 Å². The summed E-state index contributed by atoms with van der Waals surface area (Å²) in [5.74, 6) is -0.942. The van der Waals surface area contributed by atoms with Crippen molar-refractivity contribution in [3.8, 4) is 6.07 Å². The van der Waals surface area contributed by atoms with Crippen LogP contribution in [0.15, 0.2) is 30.3 Å². The first-order valence-corrected chi connectivity index (χ1v) is 5.92. The van der Waals surface area contributed by atoms with E-state index < -0.39 is 5.97 Å². The number of carbonyl (C=O) groups is 1. The van der Waals surface area contributed by atoms with E-state index >= 15 is 0 Å². The standard InChI is InChI=1S/C15H14N2O2/c1-10-6-11(2)17(14(10)8-16)9-12-4-3-5-13(7-12)15(18)19/h3-7H,9H2,1-2H3,(H,18,19). The smallest absolute Gasteiger partial charge is 0.335 e. The van der Waals surface area contributed by atoms with Crippen LogP contribution in [0.4, 0.5) is 0 Å². The van der Waals surface area contributed by atoms with Gasteiger partial charge in [0.25, 0.3) is 0 Å². The quantitative estimate of drug-likeness (QED) is 0.915. The highest BCUT2D eigenvalue weighted by Gasteiger charge is 2.10. The van der Waals surface area contributed by atoms with Crippen LogP contribution in [0.25, 0.3) is 0 Å². The van der Waals surface area contributed by atoms with Gasteiger partial charge in [-0.15, -0.1) is 0 Å². The second-order valence-corrected chi connectivity index (χ2v) is 4.52. The summed E-state index contributed by atoms with van der Waals surface area (Å²) in [7, 11) is 0. The van der Waals surface area contributed by atoms with Gasteiger partial charge in [-0.3, -0.25) is 0 Å². The Hall–Kier alpha value is -2.54. The van der Waals surface area contributed by atoms with Crippen molar-refractivity contribution in [2.75, 3.05) is 0 Å². The number of hydrogen-bond donors (Lipinski definition) is 1. The molecule has 0 bridgehead atoms. The van der Waals surface area contributed by atoms with Crippen molar-refractivity contribution in [3.05, 3.63) is 58.4 Å². The van der Waals surface area contributed by atoms with E-state index in [1.54, 1.807) is 18.2 Å². The van der Waals surface area contributed by atoms with Gasteiger partial charge in [0.2, 0.25) is 0 Å². The number of aryl methyl sites for hydroxylation is 2. The molecule has 4 nitrogen and oxygen atoms in total. The SMILES string of the molecule is Cc1cc(C)n(Cc2cccc(C(=O)O)c2)c1C#N. The fraction of sp³-hybridized carbons (Fsp3) is 0.200. The van der Waals surface area contributed by atoms with E-state index in [4.69, 9.17) is 10.4 Å². The molecular formula is C15H14N2O2. The first-order chi connectivity index (χ1) is 9.02. The topological polar surface area (TPSA) is 66.0 Å². The minimum atomic E-state index is -0.942. The molecule has 0 saturated heterocycles. The van der Waals surface area contributed by atoms with Crippen LogP contribution in [0.2, 0.25) is 0 Å². The molecule has 0 aliphatic carbocycles. The average molecular weight is 254 g/mol. The number of carboxylic acid groups (broad SMARTS) is 1. The Morgan fingerprint density at radius 2 is 2.11 bits per heavy atom. The fourth-order valence-electron chi connectivity index (χ4n) is 2.19. The van der Waals surface area contributed by atoms with Crippen molar-refractivity contribution in [3.63, 3.8) is 0 Å². The highest BCUT2D eigenvalue weighted by molar-refractivity contribution is 5.87. The van der Waals surface area contributed by atoms with Gasteiger partial charge in [-0.2, -0.15) is 5.26 Å². The van der Waals surface area contributed by atoms with Gasteiger partial charge >= 0.3 is 5.97 Å². The zero-order valence-electron chi connectivity index (χ0n) is 10.8. The van der Waals surface area contributed by atoms with Gasteiger partial charge in [0.15, 0.2) is 0 Å². The molecule has 1 heterocycles. The first kappa shape index (κ1) is 12.9. The number of aromatic carboxylic acids is 1. The fourth-order valence-corrected chi connectivity index (χ4v) is 2.19. The van der Waals surface area contributed by atoms with Crippen LogP contribution in [0.3, 0.4) is 0 Å². The summed E-state index contributed by atoms with van der Waals surface area (Å²) < 4.78 is 1.90. The molecule has 0 unspecified atom stereocenters. The predicted octanol–water partition coefficient (Wildman–Crippen LogP) is 2.72. The summed E-state index contributed by atoms with van der Waals surface area (Å²) in [5, 5.41) is 18.1. The number of rotatable bonds is 3. The van der Waals surface area contributed by atoms with Gasteiger partial charge < -0.3 is 9.67 Å². The number of carboxylic acids is 1. The molecule has 0 aliphatic heterocycles. The minimum absolute atomic E-state index is 0.262. The zero-order valence-corrected chi connectivity index (χ0v) is 10.8. The second kappa shape index (κ2) is 4.99. The molecule has 0 atom stereocenters. The van der Waals surface area contributed by atoms with E-state index in [1.807, 2.05) is 30.5 Å². The Kier molecular flexibility index (Phi) is 3.39. The number of hydrogen-bond acceptors (Lipinski definition) is 2. The molecule has 0 radical (unpaired) electrons. The lowest BCUT2D eigenvalue weighted by atomic mass is 10.1. The maximum absolute atomic E-state index is 10.9. The van der Waals surface area contributed by atoms with Crippen molar-refractivity contribution < 1.29 is 9.90 Å². The van der Waals surface area contributed by atoms with Gasteiger partial charge in [-0.1, -0.05) is 12.1 Å². The van der Waals surface area contributed by atoms with Gasteiger partial charge in [-0.05, 0) is 43.2 Å². The van der Waals surface area contributed by atoms with Crippen molar-refractivity contribution in [2.24, 2.45) is 0 Å². The van der Waals surface area contributed by atoms with Crippen LogP contribution < -0.4 is 0 Å². The Morgan fingerprint density at radius 1 is 1.37 bits per heavy atom. The molecule has 1 N–H and O–H groups in total. The average Bonchev–Trinajstić information content (AvgIpc) is 2.64. The summed E-state index contributed by atoms with van der Waals surface area (Å²) >= 11 is 0. The lowest BCUT2D eigenvalue weighted by molar-refractivity contribution is 0.0696. The summed E-state index contributed by atoms with van der Waals surface area (Å²) in [4.78, 5) is 10.9. The number of nitriles is 1. The molecule has 19 heavy (non-hydrogen) atoms. The predicted molar refractivity (Wildman–Crippen MR) is 71.1 cm³/mol. The zero-order chi connectivity index (χ0) is 14.0. The van der Waals surface area contributed by atoms with Crippen molar-refractivity contribution in [2.45, 2.75) is 20.4 Å². The van der Waals surface area contributed by atoms with Crippen molar-refractivity contribution in [1.29, 1.82) is 5.26 Å². The van der Waals surface area contributed by atoms with E-state index in [0.29, 0.717) is 12.2 Å². The van der Waals surface area contributed by atoms with Crippen LogP contribution in [0.5, 0.6) is 0 Å². The second-order valence-electron chi connectivity index (χ2n) is 4.52. The van der Waals surface area contributed by atoms with Gasteiger partial charge in [0.1, 0.15) is 11.8 Å². The van der Waals surface area contributed by atoms with Crippen LogP contribution >= 0.6 is 0 Å². The molecule has 2 aromatic rings. The van der Waals surface area contributed by atoms with E-state index in [0.717, 1.165) is 16.8 Å². The molecule has 0 fully saturated rings. The van der Waals surface area contributed by atoms with Crippen molar-refractivity contribution in [1.82, 2.24) is 4.57 Å². The highest BCUT2D eigenvalue weighted by atomic mass is 16.4. The lowest BCUT2D eigenvalue weighted by Gasteiger charge is -2.09. The third-order valence-corrected chi connectivity index (χ3v) is 3.12. The molecule has 2 rings (SSSR count). The van der Waals surface area contributed by atoms with Crippen LogP contribution in [0.1, 0.15) is 32.9 Å².